The highest BCUT2D eigenvalue weighted by Crippen LogP contribution is 2.34. The van der Waals surface area contributed by atoms with E-state index >= 15 is 0 Å². The van der Waals surface area contributed by atoms with Crippen molar-refractivity contribution in [2.75, 3.05) is 5.32 Å². The third-order valence-electron chi connectivity index (χ3n) is 4.19. The number of nitrogens with zero attached hydrogens (tertiary/aromatic N) is 1. The Bertz CT molecular complexity index is 1100. The van der Waals surface area contributed by atoms with E-state index in [0.717, 1.165) is 16.7 Å². The minimum Gasteiger partial charge on any atom is -0.364 e. The molecule has 1 amide bonds. The Balaban J connectivity index is 1.48. The van der Waals surface area contributed by atoms with E-state index in [1.165, 1.54) is 11.8 Å². The summed E-state index contributed by atoms with van der Waals surface area (Å²) in [6, 6.07) is 12.7. The lowest BCUT2D eigenvalue weighted by Crippen LogP contribution is -2.27. The zero-order chi connectivity index (χ0) is 19.5. The van der Waals surface area contributed by atoms with Gasteiger partial charge in [-0.15, -0.1) is 11.8 Å². The second-order valence-corrected chi connectivity index (χ2v) is 7.48. The van der Waals surface area contributed by atoms with Gasteiger partial charge in [0.25, 0.3) is 11.5 Å². The number of carbonyl (C=O) groups excluding carboxylic acids is 1. The number of thioether (sulfide) groups is 1. The number of hydrogen-bond acceptors (Lipinski definition) is 5. The van der Waals surface area contributed by atoms with E-state index in [9.17, 15) is 9.59 Å². The van der Waals surface area contributed by atoms with Crippen LogP contribution in [0.1, 0.15) is 10.9 Å². The van der Waals surface area contributed by atoms with Crippen molar-refractivity contribution >= 4 is 35.0 Å². The number of halogens is 1. The van der Waals surface area contributed by atoms with Crippen LogP contribution < -0.4 is 16.2 Å². The summed E-state index contributed by atoms with van der Waals surface area (Å²) in [5.74, 6) is -0.374. The summed E-state index contributed by atoms with van der Waals surface area (Å²) in [7, 11) is 0. The predicted molar refractivity (Wildman–Crippen MR) is 112 cm³/mol. The zero-order valence-electron chi connectivity index (χ0n) is 14.5. The molecule has 3 aromatic rings. The lowest BCUT2D eigenvalue weighted by Gasteiger charge is -2.13. The maximum absolute atomic E-state index is 12.6. The van der Waals surface area contributed by atoms with Gasteiger partial charge >= 0.3 is 0 Å². The summed E-state index contributed by atoms with van der Waals surface area (Å²) in [6.45, 7) is 0. The van der Waals surface area contributed by atoms with Crippen molar-refractivity contribution in [2.24, 2.45) is 0 Å². The Morgan fingerprint density at radius 3 is 2.61 bits per heavy atom. The van der Waals surface area contributed by atoms with Gasteiger partial charge in [0.1, 0.15) is 16.8 Å². The largest absolute Gasteiger partial charge is 0.364 e. The molecular formula is C20H15ClN4O2S. The summed E-state index contributed by atoms with van der Waals surface area (Å²) >= 11 is 7.40. The van der Waals surface area contributed by atoms with Gasteiger partial charge in [-0.05, 0) is 41.5 Å². The van der Waals surface area contributed by atoms with Gasteiger partial charge in [-0.2, -0.15) is 0 Å². The second kappa shape index (κ2) is 7.92. The number of aromatic nitrogens is 2. The molecule has 0 spiro atoms. The Hall–Kier alpha value is -3.03. The van der Waals surface area contributed by atoms with Crippen molar-refractivity contribution in [3.05, 3.63) is 93.1 Å². The zero-order valence-corrected chi connectivity index (χ0v) is 16.1. The molecule has 1 aliphatic heterocycles. The highest BCUT2D eigenvalue weighted by molar-refractivity contribution is 8.02. The van der Waals surface area contributed by atoms with Gasteiger partial charge in [0, 0.05) is 34.6 Å². The van der Waals surface area contributed by atoms with Gasteiger partial charge < -0.3 is 15.6 Å². The van der Waals surface area contributed by atoms with E-state index in [-0.39, 0.29) is 22.5 Å². The van der Waals surface area contributed by atoms with Crippen LogP contribution in [0.15, 0.2) is 77.0 Å². The molecule has 1 aliphatic rings. The van der Waals surface area contributed by atoms with Crippen molar-refractivity contribution in [1.82, 2.24) is 15.3 Å². The molecule has 0 aliphatic carbocycles. The fourth-order valence-corrected chi connectivity index (χ4v) is 3.82. The van der Waals surface area contributed by atoms with Gasteiger partial charge in [0.15, 0.2) is 0 Å². The lowest BCUT2D eigenvalue weighted by atomic mass is 10.1. The number of nitrogens with one attached hydrogen (secondary N) is 3. The summed E-state index contributed by atoms with van der Waals surface area (Å²) in [4.78, 5) is 31.4. The van der Waals surface area contributed by atoms with Gasteiger partial charge in [-0.1, -0.05) is 23.7 Å². The smallest absolute Gasteiger partial charge is 0.272 e. The molecule has 8 heteroatoms. The molecule has 140 valence electrons. The number of pyridine rings is 2. The molecule has 1 unspecified atom stereocenters. The number of amides is 1. The van der Waals surface area contributed by atoms with Gasteiger partial charge in [-0.25, -0.2) is 0 Å². The maximum Gasteiger partial charge on any atom is 0.272 e. The number of aromatic amines is 1. The third kappa shape index (κ3) is 3.95. The van der Waals surface area contributed by atoms with E-state index in [2.05, 4.69) is 20.6 Å². The first-order chi connectivity index (χ1) is 13.6. The monoisotopic (exact) mass is 410 g/mol. The maximum atomic E-state index is 12.6. The fraction of sp³-hybridized carbons (Fsp3) is 0.0500. The average molecular weight is 411 g/mol. The molecule has 0 saturated heterocycles. The Morgan fingerprint density at radius 1 is 1.11 bits per heavy atom. The van der Waals surface area contributed by atoms with E-state index in [1.54, 1.807) is 42.2 Å². The molecule has 0 radical (unpaired) electrons. The number of hydrogen-bond donors (Lipinski definition) is 3. The number of anilines is 1. The number of carbonyl (C=O) groups is 1. The van der Waals surface area contributed by atoms with Crippen LogP contribution in [0.25, 0.3) is 11.1 Å². The Morgan fingerprint density at radius 2 is 1.86 bits per heavy atom. The molecule has 3 N–H and O–H groups in total. The average Bonchev–Trinajstić information content (AvgIpc) is 3.21. The molecule has 1 aromatic carbocycles. The topological polar surface area (TPSA) is 86.9 Å². The minimum atomic E-state index is -0.374. The van der Waals surface area contributed by atoms with Crippen LogP contribution in [-0.4, -0.2) is 15.9 Å². The third-order valence-corrected chi connectivity index (χ3v) is 5.48. The van der Waals surface area contributed by atoms with Crippen molar-refractivity contribution in [3.63, 3.8) is 0 Å². The standard InChI is InChI=1S/C20H15ClN4O2S/c21-15-3-1-13(2-4-15)20-25-17(11-28-20)19(27)24-16-9-14(10-23-18(16)26)12-5-7-22-8-6-12/h1-11,20,25H,(H,23,26)(H,24,27). The molecule has 3 heterocycles. The first-order valence-electron chi connectivity index (χ1n) is 8.42. The van der Waals surface area contributed by atoms with Crippen molar-refractivity contribution in [2.45, 2.75) is 5.37 Å². The van der Waals surface area contributed by atoms with Crippen LogP contribution in [0.3, 0.4) is 0 Å². The van der Waals surface area contributed by atoms with Crippen LogP contribution in [0, 0.1) is 0 Å². The van der Waals surface area contributed by atoms with Crippen LogP contribution in [0.2, 0.25) is 5.02 Å². The Kier molecular flexibility index (Phi) is 5.18. The molecule has 0 fully saturated rings. The molecule has 1 atom stereocenters. The van der Waals surface area contributed by atoms with E-state index in [0.29, 0.717) is 10.7 Å². The lowest BCUT2D eigenvalue weighted by molar-refractivity contribution is -0.113. The normalized spacial score (nSPS) is 15.6. The predicted octanol–water partition coefficient (Wildman–Crippen LogP) is 3.91. The fourth-order valence-electron chi connectivity index (χ4n) is 2.74. The molecule has 0 bridgehead atoms. The number of H-pyrrole nitrogens is 1. The first-order valence-corrected chi connectivity index (χ1v) is 9.74. The SMILES string of the molecule is O=C(Nc1cc(-c2ccncc2)c[nH]c1=O)C1=CSC(c2ccc(Cl)cc2)N1. The van der Waals surface area contributed by atoms with Crippen molar-refractivity contribution < 1.29 is 4.79 Å². The summed E-state index contributed by atoms with van der Waals surface area (Å²) < 4.78 is 0. The van der Waals surface area contributed by atoms with Crippen molar-refractivity contribution in [1.29, 1.82) is 0 Å². The van der Waals surface area contributed by atoms with E-state index in [4.69, 9.17) is 11.6 Å². The van der Waals surface area contributed by atoms with E-state index in [1.807, 2.05) is 24.3 Å². The summed E-state index contributed by atoms with van der Waals surface area (Å²) in [5, 5.41) is 8.16. The van der Waals surface area contributed by atoms with Crippen LogP contribution in [-0.2, 0) is 4.79 Å². The van der Waals surface area contributed by atoms with E-state index < -0.39 is 0 Å². The van der Waals surface area contributed by atoms with Gasteiger partial charge in [0.2, 0.25) is 0 Å². The molecule has 2 aromatic heterocycles. The summed E-state index contributed by atoms with van der Waals surface area (Å²) in [6.07, 6.45) is 4.94. The van der Waals surface area contributed by atoms with Crippen molar-refractivity contribution in [3.8, 4) is 11.1 Å². The molecule has 6 nitrogen and oxygen atoms in total. The Labute approximate surface area is 170 Å². The molecular weight excluding hydrogens is 396 g/mol. The molecule has 4 rings (SSSR count). The number of rotatable bonds is 4. The number of benzene rings is 1. The van der Waals surface area contributed by atoms with Gasteiger partial charge in [0.05, 0.1) is 0 Å². The van der Waals surface area contributed by atoms with Crippen LogP contribution in [0.4, 0.5) is 5.69 Å². The summed E-state index contributed by atoms with van der Waals surface area (Å²) in [5.41, 5.74) is 2.88. The highest BCUT2D eigenvalue weighted by atomic mass is 35.5. The van der Waals surface area contributed by atoms with Crippen LogP contribution in [0.5, 0.6) is 0 Å². The molecule has 28 heavy (non-hydrogen) atoms. The first kappa shape index (κ1) is 18.3. The van der Waals surface area contributed by atoms with Crippen LogP contribution >= 0.6 is 23.4 Å². The highest BCUT2D eigenvalue weighted by Gasteiger charge is 2.23. The molecule has 0 saturated carbocycles. The second-order valence-electron chi connectivity index (χ2n) is 6.06. The van der Waals surface area contributed by atoms with Gasteiger partial charge in [-0.3, -0.25) is 14.6 Å². The minimum absolute atomic E-state index is 0.0838. The quantitative estimate of drug-likeness (QED) is 0.607.